The largest absolute Gasteiger partial charge is 0.542 e. The van der Waals surface area contributed by atoms with Gasteiger partial charge in [0, 0.05) is 0 Å². The number of halogens is 1. The molecule has 0 aliphatic carbocycles. The summed E-state index contributed by atoms with van der Waals surface area (Å²) in [5, 5.41) is 3.31. The molecule has 1 aliphatic heterocycles. The number of anilines is 2. The fraction of sp³-hybridized carbons (Fsp3) is 0.478. The van der Waals surface area contributed by atoms with Crippen molar-refractivity contribution in [3.63, 3.8) is 0 Å². The molecule has 1 saturated heterocycles. The van der Waals surface area contributed by atoms with Gasteiger partial charge in [0.2, 0.25) is 0 Å². The van der Waals surface area contributed by atoms with Gasteiger partial charge >= 0.3 is 6.09 Å². The van der Waals surface area contributed by atoms with Crippen molar-refractivity contribution in [3.8, 4) is 5.75 Å². The summed E-state index contributed by atoms with van der Waals surface area (Å²) in [6.45, 7) is 12.5. The summed E-state index contributed by atoms with van der Waals surface area (Å²) in [6, 6.07) is 9.26. The van der Waals surface area contributed by atoms with Crippen molar-refractivity contribution in [2.24, 2.45) is 0 Å². The second-order valence-electron chi connectivity index (χ2n) is 9.36. The number of aromatic nitrogens is 1. The molecule has 31 heavy (non-hydrogen) atoms. The maximum absolute atomic E-state index is 13.5. The molecule has 1 amide bonds. The molecule has 0 unspecified atom stereocenters. The van der Waals surface area contributed by atoms with Crippen molar-refractivity contribution in [3.05, 3.63) is 48.4 Å². The lowest BCUT2D eigenvalue weighted by Gasteiger charge is -2.36. The van der Waals surface area contributed by atoms with Crippen LogP contribution in [-0.4, -0.2) is 38.6 Å². The number of benzene rings is 1. The Labute approximate surface area is 184 Å². The summed E-state index contributed by atoms with van der Waals surface area (Å²) in [7, 11) is -2.00. The number of carbonyl (C=O) groups is 1. The van der Waals surface area contributed by atoms with E-state index in [0.717, 1.165) is 25.9 Å². The van der Waals surface area contributed by atoms with Crippen molar-refractivity contribution in [1.29, 1.82) is 0 Å². The van der Waals surface area contributed by atoms with E-state index in [9.17, 15) is 9.18 Å². The Morgan fingerprint density at radius 1 is 1.13 bits per heavy atom. The van der Waals surface area contributed by atoms with E-state index in [1.54, 1.807) is 24.4 Å². The van der Waals surface area contributed by atoms with Crippen LogP contribution in [0.1, 0.15) is 33.6 Å². The monoisotopic (exact) mass is 445 g/mol. The Kier molecular flexibility index (Phi) is 7.01. The molecule has 1 aromatic heterocycles. The van der Waals surface area contributed by atoms with Crippen molar-refractivity contribution in [1.82, 2.24) is 10.3 Å². The lowest BCUT2D eigenvalue weighted by molar-refractivity contribution is 0.0869. The van der Waals surface area contributed by atoms with Gasteiger partial charge in [0.25, 0.3) is 8.32 Å². The Balaban J connectivity index is 1.84. The van der Waals surface area contributed by atoms with Gasteiger partial charge in [-0.05, 0) is 80.5 Å². The van der Waals surface area contributed by atoms with Gasteiger partial charge in [0.15, 0.2) is 0 Å². The molecule has 0 spiro atoms. The van der Waals surface area contributed by atoms with Gasteiger partial charge in [-0.2, -0.15) is 0 Å². The second kappa shape index (κ2) is 9.36. The molecule has 0 atom stereocenters. The quantitative estimate of drug-likeness (QED) is 0.604. The summed E-state index contributed by atoms with van der Waals surface area (Å²) >= 11 is 0. The zero-order valence-corrected chi connectivity index (χ0v) is 19.9. The van der Waals surface area contributed by atoms with E-state index >= 15 is 0 Å². The minimum absolute atomic E-state index is 0.0600. The maximum Gasteiger partial charge on any atom is 0.420 e. The highest BCUT2D eigenvalue weighted by molar-refractivity contribution is 6.74. The first-order valence-electron chi connectivity index (χ1n) is 10.7. The number of pyridine rings is 1. The molecule has 0 saturated carbocycles. The van der Waals surface area contributed by atoms with Crippen LogP contribution in [-0.2, 0) is 4.74 Å². The lowest BCUT2D eigenvalue weighted by atomic mass is 10.1. The van der Waals surface area contributed by atoms with Gasteiger partial charge in [-0.25, -0.2) is 19.1 Å². The molecule has 8 heteroatoms. The molecule has 2 heterocycles. The predicted molar refractivity (Wildman–Crippen MR) is 123 cm³/mol. The third-order valence-electron chi connectivity index (χ3n) is 5.95. The average Bonchev–Trinajstić information content (AvgIpc) is 2.70. The van der Waals surface area contributed by atoms with E-state index in [1.807, 2.05) is 6.07 Å². The second-order valence-corrected chi connectivity index (χ2v) is 14.1. The van der Waals surface area contributed by atoms with Gasteiger partial charge in [-0.15, -0.1) is 0 Å². The number of hydrogen-bond acceptors (Lipinski definition) is 5. The van der Waals surface area contributed by atoms with Crippen LogP contribution in [0.5, 0.6) is 5.75 Å². The third kappa shape index (κ3) is 5.83. The summed E-state index contributed by atoms with van der Waals surface area (Å²) in [5.74, 6) is 0.691. The molecule has 1 aromatic carbocycles. The zero-order chi connectivity index (χ0) is 22.6. The predicted octanol–water partition coefficient (Wildman–Crippen LogP) is 5.63. The highest BCUT2D eigenvalue weighted by Gasteiger charge is 2.39. The normalized spacial score (nSPS) is 15.4. The Morgan fingerprint density at radius 3 is 2.32 bits per heavy atom. The van der Waals surface area contributed by atoms with Crippen LogP contribution in [0.2, 0.25) is 18.1 Å². The molecule has 168 valence electrons. The molecule has 1 aliphatic rings. The number of ether oxygens (including phenoxy) is 1. The summed E-state index contributed by atoms with van der Waals surface area (Å²) < 4.78 is 25.5. The Morgan fingerprint density at radius 2 is 1.77 bits per heavy atom. The lowest BCUT2D eigenvalue weighted by Crippen LogP contribution is -2.43. The molecular formula is C23H32FN3O3Si. The van der Waals surface area contributed by atoms with Crippen molar-refractivity contribution in [2.75, 3.05) is 18.0 Å². The summed E-state index contributed by atoms with van der Waals surface area (Å²) in [6.07, 6.45) is 2.47. The molecule has 6 nitrogen and oxygen atoms in total. The molecular weight excluding hydrogens is 413 g/mol. The van der Waals surface area contributed by atoms with Crippen LogP contribution in [0.15, 0.2) is 42.6 Å². The minimum atomic E-state index is -2.00. The first-order chi connectivity index (χ1) is 14.6. The Bertz CT molecular complexity index is 876. The number of hydrogen-bond donors (Lipinski definition) is 1. The van der Waals surface area contributed by atoms with E-state index in [2.05, 4.69) is 44.2 Å². The van der Waals surface area contributed by atoms with Gasteiger partial charge in [0.05, 0.1) is 11.9 Å². The number of piperidine rings is 1. The molecule has 1 N–H and O–H groups in total. The summed E-state index contributed by atoms with van der Waals surface area (Å²) in [5.41, 5.74) is 0.492. The van der Waals surface area contributed by atoms with E-state index in [0.29, 0.717) is 17.3 Å². The van der Waals surface area contributed by atoms with E-state index in [1.165, 1.54) is 17.0 Å². The van der Waals surface area contributed by atoms with Crippen LogP contribution < -0.4 is 14.6 Å². The number of carbonyl (C=O) groups excluding carboxylic acids is 1. The van der Waals surface area contributed by atoms with Crippen LogP contribution >= 0.6 is 0 Å². The SMILES string of the molecule is CC(C)(C)[Si](C)(C)Oc1ccc(N(C(=O)OC2CCNCC2)c2ccc(F)cc2)nc1. The first-order valence-corrected chi connectivity index (χ1v) is 13.6. The highest BCUT2D eigenvalue weighted by Crippen LogP contribution is 2.37. The maximum atomic E-state index is 13.5. The van der Waals surface area contributed by atoms with Gasteiger partial charge in [-0.3, -0.25) is 0 Å². The third-order valence-corrected chi connectivity index (χ3v) is 10.3. The zero-order valence-electron chi connectivity index (χ0n) is 18.9. The van der Waals surface area contributed by atoms with Crippen molar-refractivity contribution >= 4 is 25.9 Å². The van der Waals surface area contributed by atoms with Crippen molar-refractivity contribution < 1.29 is 18.3 Å². The van der Waals surface area contributed by atoms with Gasteiger partial charge in [-0.1, -0.05) is 20.8 Å². The standard InChI is InChI=1S/C23H32FN3O3Si/c1-23(2,3)31(4,5)30-20-10-11-21(26-16-20)27(18-8-6-17(24)7-9-18)22(28)29-19-12-14-25-15-13-19/h6-11,16,19,25H,12-15H2,1-5H3. The van der Waals surface area contributed by atoms with Crippen LogP contribution in [0.4, 0.5) is 20.7 Å². The Hall–Kier alpha value is -2.45. The van der Waals surface area contributed by atoms with E-state index < -0.39 is 14.4 Å². The van der Waals surface area contributed by atoms with E-state index in [4.69, 9.17) is 9.16 Å². The fourth-order valence-corrected chi connectivity index (χ4v) is 4.06. The first kappa shape index (κ1) is 23.2. The highest BCUT2D eigenvalue weighted by atomic mass is 28.4. The number of rotatable bonds is 5. The van der Waals surface area contributed by atoms with Crippen LogP contribution in [0, 0.1) is 5.82 Å². The molecule has 2 aromatic rings. The molecule has 0 radical (unpaired) electrons. The topological polar surface area (TPSA) is 63.7 Å². The minimum Gasteiger partial charge on any atom is -0.542 e. The fourth-order valence-electron chi connectivity index (χ4n) is 3.04. The molecule has 1 fully saturated rings. The van der Waals surface area contributed by atoms with Crippen LogP contribution in [0.3, 0.4) is 0 Å². The number of amides is 1. The average molecular weight is 446 g/mol. The number of nitrogens with zero attached hydrogens (tertiary/aromatic N) is 2. The molecule has 3 rings (SSSR count). The van der Waals surface area contributed by atoms with E-state index in [-0.39, 0.29) is 17.0 Å². The van der Waals surface area contributed by atoms with Gasteiger partial charge in [0.1, 0.15) is 23.5 Å². The number of nitrogens with one attached hydrogen (secondary N) is 1. The van der Waals surface area contributed by atoms with Gasteiger partial charge < -0.3 is 14.5 Å². The van der Waals surface area contributed by atoms with Crippen LogP contribution in [0.25, 0.3) is 0 Å². The molecule has 0 bridgehead atoms. The summed E-state index contributed by atoms with van der Waals surface area (Å²) in [4.78, 5) is 18.9. The smallest absolute Gasteiger partial charge is 0.420 e. The van der Waals surface area contributed by atoms with Crippen molar-refractivity contribution in [2.45, 2.75) is 57.8 Å².